The monoisotopic (exact) mass is 379 g/mol. The fourth-order valence-corrected chi connectivity index (χ4v) is 3.61. The van der Waals surface area contributed by atoms with Gasteiger partial charge in [-0.15, -0.1) is 0 Å². The summed E-state index contributed by atoms with van der Waals surface area (Å²) in [4.78, 5) is 14.3. The van der Waals surface area contributed by atoms with E-state index in [9.17, 15) is 4.79 Å². The Bertz CT molecular complexity index is 974. The van der Waals surface area contributed by atoms with Gasteiger partial charge in [-0.25, -0.2) is 4.79 Å². The van der Waals surface area contributed by atoms with Crippen molar-refractivity contribution in [2.45, 2.75) is 25.5 Å². The second kappa shape index (κ2) is 6.67. The van der Waals surface area contributed by atoms with Crippen LogP contribution in [0.5, 0.6) is 0 Å². The zero-order chi connectivity index (χ0) is 19.0. The van der Waals surface area contributed by atoms with Crippen molar-refractivity contribution in [2.75, 3.05) is 4.90 Å². The van der Waals surface area contributed by atoms with Crippen LogP contribution in [0.2, 0.25) is 5.02 Å². The van der Waals surface area contributed by atoms with Crippen LogP contribution >= 0.6 is 11.6 Å². The van der Waals surface area contributed by atoms with E-state index in [-0.39, 0.29) is 12.1 Å². The maximum atomic E-state index is 12.6. The molecule has 5 nitrogen and oxygen atoms in total. The van der Waals surface area contributed by atoms with Crippen molar-refractivity contribution in [1.82, 2.24) is 10.2 Å². The van der Waals surface area contributed by atoms with E-state index in [4.69, 9.17) is 16.3 Å². The fourth-order valence-electron chi connectivity index (χ4n) is 3.46. The molecule has 0 aliphatic carbocycles. The molecule has 0 bridgehead atoms. The predicted molar refractivity (Wildman–Crippen MR) is 105 cm³/mol. The molecule has 1 aliphatic heterocycles. The summed E-state index contributed by atoms with van der Waals surface area (Å²) in [5, 5.41) is 8.50. The van der Waals surface area contributed by atoms with Gasteiger partial charge in [0, 0.05) is 11.3 Å². The van der Waals surface area contributed by atoms with Gasteiger partial charge in [-0.05, 0) is 37.6 Å². The van der Waals surface area contributed by atoms with E-state index in [1.54, 1.807) is 11.0 Å². The Labute approximate surface area is 162 Å². The maximum absolute atomic E-state index is 12.6. The Hall–Kier alpha value is -2.92. The van der Waals surface area contributed by atoms with Crippen LogP contribution in [0, 0.1) is 0 Å². The molecular weight excluding hydrogens is 362 g/mol. The van der Waals surface area contributed by atoms with E-state index < -0.39 is 5.60 Å². The third-order valence-corrected chi connectivity index (χ3v) is 4.85. The highest BCUT2D eigenvalue weighted by molar-refractivity contribution is 6.30. The van der Waals surface area contributed by atoms with Crippen molar-refractivity contribution in [2.24, 2.45) is 0 Å². The lowest BCUT2D eigenvalue weighted by atomic mass is 9.91. The Morgan fingerprint density at radius 2 is 1.78 bits per heavy atom. The highest BCUT2D eigenvalue weighted by atomic mass is 35.5. The van der Waals surface area contributed by atoms with Crippen molar-refractivity contribution in [1.29, 1.82) is 0 Å². The topological polar surface area (TPSA) is 55.3 Å². The number of carbonyl (C=O) groups excluding carboxylic acids is 1. The third kappa shape index (κ3) is 3.26. The van der Waals surface area contributed by atoms with Gasteiger partial charge in [-0.2, -0.15) is 10.2 Å². The molecular formula is C21H18ClN3O2. The van der Waals surface area contributed by atoms with E-state index in [0.29, 0.717) is 10.7 Å². The molecule has 2 heterocycles. The molecule has 1 aromatic heterocycles. The molecule has 0 spiro atoms. The summed E-state index contributed by atoms with van der Waals surface area (Å²) in [6.45, 7) is 3.86. The largest absolute Gasteiger partial charge is 0.441 e. The quantitative estimate of drug-likeness (QED) is 0.621. The number of ether oxygens (including phenoxy) is 1. The number of aromatic nitrogens is 2. The summed E-state index contributed by atoms with van der Waals surface area (Å²) < 4.78 is 5.66. The SMILES string of the molecule is CC1(C)OC(=O)N(c2ccc(-c3cc(Cl)cnn3)cc2)C1c1ccccc1. The van der Waals surface area contributed by atoms with E-state index in [1.807, 2.05) is 68.4 Å². The van der Waals surface area contributed by atoms with Crippen molar-refractivity contribution >= 4 is 23.4 Å². The zero-order valence-electron chi connectivity index (χ0n) is 15.0. The van der Waals surface area contributed by atoms with Crippen molar-refractivity contribution < 1.29 is 9.53 Å². The lowest BCUT2D eigenvalue weighted by Gasteiger charge is -2.29. The second-order valence-corrected chi connectivity index (χ2v) is 7.40. The minimum atomic E-state index is -0.643. The summed E-state index contributed by atoms with van der Waals surface area (Å²) in [6.07, 6.45) is 1.13. The summed E-state index contributed by atoms with van der Waals surface area (Å²) in [7, 11) is 0. The first-order chi connectivity index (χ1) is 13.0. The lowest BCUT2D eigenvalue weighted by Crippen LogP contribution is -2.33. The van der Waals surface area contributed by atoms with E-state index in [2.05, 4.69) is 10.2 Å². The molecule has 1 saturated heterocycles. The Kier molecular flexibility index (Phi) is 4.32. The summed E-state index contributed by atoms with van der Waals surface area (Å²) in [5.74, 6) is 0. The predicted octanol–water partition coefficient (Wildman–Crippen LogP) is 5.27. The van der Waals surface area contributed by atoms with Gasteiger partial charge < -0.3 is 4.74 Å². The standard InChI is InChI=1S/C21H18ClN3O2/c1-21(2)19(15-6-4-3-5-7-15)25(20(26)27-21)17-10-8-14(9-11-17)18-12-16(22)13-23-24-18/h3-13,19H,1-2H3. The molecule has 0 radical (unpaired) electrons. The van der Waals surface area contributed by atoms with E-state index >= 15 is 0 Å². The number of hydrogen-bond donors (Lipinski definition) is 0. The Morgan fingerprint density at radius 3 is 2.44 bits per heavy atom. The van der Waals surface area contributed by atoms with Crippen LogP contribution < -0.4 is 4.90 Å². The number of hydrogen-bond acceptors (Lipinski definition) is 4. The van der Waals surface area contributed by atoms with Crippen molar-refractivity contribution in [3.63, 3.8) is 0 Å². The van der Waals surface area contributed by atoms with E-state index in [1.165, 1.54) is 6.20 Å². The van der Waals surface area contributed by atoms with Gasteiger partial charge in [0.1, 0.15) is 11.6 Å². The first-order valence-corrected chi connectivity index (χ1v) is 8.99. The number of halogens is 1. The number of benzene rings is 2. The van der Waals surface area contributed by atoms with Gasteiger partial charge in [0.25, 0.3) is 0 Å². The first kappa shape index (κ1) is 17.5. The Morgan fingerprint density at radius 1 is 1.07 bits per heavy atom. The normalized spacial score (nSPS) is 18.4. The second-order valence-electron chi connectivity index (χ2n) is 6.96. The minimum absolute atomic E-state index is 0.219. The van der Waals surface area contributed by atoms with Gasteiger partial charge in [0.15, 0.2) is 0 Å². The number of carbonyl (C=O) groups is 1. The zero-order valence-corrected chi connectivity index (χ0v) is 15.7. The molecule has 27 heavy (non-hydrogen) atoms. The molecule has 136 valence electrons. The van der Waals surface area contributed by atoms with Gasteiger partial charge in [-0.3, -0.25) is 4.90 Å². The highest BCUT2D eigenvalue weighted by Gasteiger charge is 2.49. The average Bonchev–Trinajstić information content (AvgIpc) is 2.91. The number of cyclic esters (lactones) is 1. The van der Waals surface area contributed by atoms with Crippen molar-refractivity contribution in [3.8, 4) is 11.3 Å². The first-order valence-electron chi connectivity index (χ1n) is 8.61. The van der Waals surface area contributed by atoms with Crippen molar-refractivity contribution in [3.05, 3.63) is 77.4 Å². The van der Waals surface area contributed by atoms with Crippen LogP contribution in [-0.4, -0.2) is 21.9 Å². The van der Waals surface area contributed by atoms with Crippen LogP contribution in [-0.2, 0) is 4.74 Å². The molecule has 1 aliphatic rings. The van der Waals surface area contributed by atoms with Crippen LogP contribution in [0.25, 0.3) is 11.3 Å². The van der Waals surface area contributed by atoms with Crippen LogP contribution in [0.15, 0.2) is 66.9 Å². The summed E-state index contributed by atoms with van der Waals surface area (Å²) >= 11 is 6.00. The van der Waals surface area contributed by atoms with Crippen LogP contribution in [0.4, 0.5) is 10.5 Å². The number of rotatable bonds is 3. The maximum Gasteiger partial charge on any atom is 0.415 e. The Balaban J connectivity index is 1.71. The molecule has 1 atom stereocenters. The fraction of sp³-hybridized carbons (Fsp3) is 0.190. The molecule has 0 N–H and O–H groups in total. The molecule has 4 rings (SSSR count). The highest BCUT2D eigenvalue weighted by Crippen LogP contribution is 2.43. The summed E-state index contributed by atoms with van der Waals surface area (Å²) in [6, 6.07) is 19.0. The number of amides is 1. The molecule has 6 heteroatoms. The summed E-state index contributed by atoms with van der Waals surface area (Å²) in [5.41, 5.74) is 2.70. The van der Waals surface area contributed by atoms with Gasteiger partial charge in [0.2, 0.25) is 0 Å². The molecule has 3 aromatic rings. The molecule has 0 saturated carbocycles. The third-order valence-electron chi connectivity index (χ3n) is 4.64. The average molecular weight is 380 g/mol. The van der Waals surface area contributed by atoms with Crippen LogP contribution in [0.3, 0.4) is 0 Å². The molecule has 1 amide bonds. The number of anilines is 1. The van der Waals surface area contributed by atoms with Gasteiger partial charge in [0.05, 0.1) is 16.9 Å². The van der Waals surface area contributed by atoms with Crippen LogP contribution in [0.1, 0.15) is 25.5 Å². The molecule has 2 aromatic carbocycles. The van der Waals surface area contributed by atoms with Gasteiger partial charge in [-0.1, -0.05) is 54.1 Å². The number of nitrogens with zero attached hydrogens (tertiary/aromatic N) is 3. The molecule has 1 fully saturated rings. The molecule has 1 unspecified atom stereocenters. The lowest BCUT2D eigenvalue weighted by molar-refractivity contribution is 0.0685. The van der Waals surface area contributed by atoms with Gasteiger partial charge >= 0.3 is 6.09 Å². The van der Waals surface area contributed by atoms with E-state index in [0.717, 1.165) is 16.8 Å². The smallest absolute Gasteiger partial charge is 0.415 e. The minimum Gasteiger partial charge on any atom is -0.441 e.